The summed E-state index contributed by atoms with van der Waals surface area (Å²) in [5.41, 5.74) is 7.10. The highest BCUT2D eigenvalue weighted by molar-refractivity contribution is 7.17. The lowest BCUT2D eigenvalue weighted by Gasteiger charge is -2.08. The van der Waals surface area contributed by atoms with E-state index in [1.807, 2.05) is 30.3 Å². The molecular weight excluding hydrogens is 350 g/mol. The molecule has 132 valence electrons. The van der Waals surface area contributed by atoms with Crippen LogP contribution in [0.3, 0.4) is 0 Å². The van der Waals surface area contributed by atoms with E-state index in [9.17, 15) is 14.7 Å². The topological polar surface area (TPSA) is 91.3 Å². The number of carbonyl (C=O) groups is 2. The first-order valence-electron chi connectivity index (χ1n) is 7.89. The number of amides is 2. The van der Waals surface area contributed by atoms with Crippen LogP contribution in [0.1, 0.15) is 31.3 Å². The summed E-state index contributed by atoms with van der Waals surface area (Å²) in [7, 11) is 0. The quantitative estimate of drug-likeness (QED) is 0.620. The molecule has 0 radical (unpaired) electrons. The van der Waals surface area contributed by atoms with Crippen molar-refractivity contribution in [2.75, 3.05) is 0 Å². The maximum Gasteiger partial charge on any atom is 0.281 e. The lowest BCUT2D eigenvalue weighted by molar-refractivity contribution is 0.0846. The van der Waals surface area contributed by atoms with E-state index in [-0.39, 0.29) is 11.3 Å². The number of aromatic nitrogens is 1. The standard InChI is InChI=1S/C19H17N3O3S/c1-11-8-9-14(15(23)10-11)17(24)21-22-18(25)16-12(2)20-19(26-16)13-6-4-3-5-7-13/h3-10,23H,1-2H3,(H,21,24)(H,22,25). The zero-order valence-electron chi connectivity index (χ0n) is 14.2. The van der Waals surface area contributed by atoms with Crippen molar-refractivity contribution in [3.8, 4) is 16.3 Å². The van der Waals surface area contributed by atoms with Gasteiger partial charge in [-0.25, -0.2) is 4.98 Å². The molecule has 0 unspecified atom stereocenters. The van der Waals surface area contributed by atoms with Crippen molar-refractivity contribution in [1.82, 2.24) is 15.8 Å². The van der Waals surface area contributed by atoms with Crippen molar-refractivity contribution in [1.29, 1.82) is 0 Å². The first-order chi connectivity index (χ1) is 12.5. The van der Waals surface area contributed by atoms with Gasteiger partial charge in [0, 0.05) is 5.56 Å². The Labute approximate surface area is 154 Å². The largest absolute Gasteiger partial charge is 0.507 e. The van der Waals surface area contributed by atoms with Gasteiger partial charge in [0.1, 0.15) is 15.6 Å². The number of rotatable bonds is 3. The van der Waals surface area contributed by atoms with Crippen molar-refractivity contribution in [3.63, 3.8) is 0 Å². The third kappa shape index (κ3) is 3.73. The van der Waals surface area contributed by atoms with Gasteiger partial charge in [0.05, 0.1) is 11.3 Å². The second-order valence-corrected chi connectivity index (χ2v) is 6.73. The number of hydrogen-bond acceptors (Lipinski definition) is 5. The van der Waals surface area contributed by atoms with Gasteiger partial charge in [-0.05, 0) is 31.5 Å². The monoisotopic (exact) mass is 367 g/mol. The molecule has 2 aromatic carbocycles. The number of aromatic hydroxyl groups is 1. The number of nitrogens with one attached hydrogen (secondary N) is 2. The number of hydrogen-bond donors (Lipinski definition) is 3. The van der Waals surface area contributed by atoms with Crippen LogP contribution in [0.2, 0.25) is 0 Å². The Morgan fingerprint density at radius 3 is 2.38 bits per heavy atom. The maximum atomic E-state index is 12.4. The van der Waals surface area contributed by atoms with E-state index in [1.54, 1.807) is 19.9 Å². The highest BCUT2D eigenvalue weighted by Gasteiger charge is 2.18. The molecule has 0 bridgehead atoms. The van der Waals surface area contributed by atoms with Crippen molar-refractivity contribution < 1.29 is 14.7 Å². The van der Waals surface area contributed by atoms with Gasteiger partial charge < -0.3 is 5.11 Å². The van der Waals surface area contributed by atoms with Crippen LogP contribution in [0, 0.1) is 13.8 Å². The summed E-state index contributed by atoms with van der Waals surface area (Å²) in [6, 6.07) is 14.2. The van der Waals surface area contributed by atoms with Crippen LogP contribution in [-0.2, 0) is 0 Å². The average molecular weight is 367 g/mol. The Kier molecular flexibility index (Phi) is 4.99. The van der Waals surface area contributed by atoms with E-state index in [4.69, 9.17) is 0 Å². The van der Waals surface area contributed by atoms with Crippen LogP contribution in [0.4, 0.5) is 0 Å². The molecule has 7 heteroatoms. The molecule has 2 amide bonds. The Hall–Kier alpha value is -3.19. The van der Waals surface area contributed by atoms with Crippen LogP contribution in [0.5, 0.6) is 5.75 Å². The van der Waals surface area contributed by atoms with Crippen molar-refractivity contribution in [2.45, 2.75) is 13.8 Å². The SMILES string of the molecule is Cc1ccc(C(=O)NNC(=O)c2sc(-c3ccccc3)nc2C)c(O)c1. The molecule has 0 saturated heterocycles. The van der Waals surface area contributed by atoms with Gasteiger partial charge in [0.15, 0.2) is 0 Å². The van der Waals surface area contributed by atoms with Crippen LogP contribution < -0.4 is 10.9 Å². The molecule has 3 rings (SSSR count). The average Bonchev–Trinajstić information content (AvgIpc) is 3.02. The first-order valence-corrected chi connectivity index (χ1v) is 8.70. The zero-order valence-corrected chi connectivity index (χ0v) is 15.1. The number of benzene rings is 2. The fourth-order valence-electron chi connectivity index (χ4n) is 2.38. The molecule has 0 saturated carbocycles. The first kappa shape index (κ1) is 17.6. The molecule has 0 aliphatic heterocycles. The third-order valence-electron chi connectivity index (χ3n) is 3.71. The molecule has 1 heterocycles. The summed E-state index contributed by atoms with van der Waals surface area (Å²) in [5, 5.41) is 10.6. The summed E-state index contributed by atoms with van der Waals surface area (Å²) in [6.07, 6.45) is 0. The zero-order chi connectivity index (χ0) is 18.7. The molecule has 6 nitrogen and oxygen atoms in total. The van der Waals surface area contributed by atoms with Gasteiger partial charge >= 0.3 is 0 Å². The summed E-state index contributed by atoms with van der Waals surface area (Å²) in [6.45, 7) is 3.55. The number of phenolic OH excluding ortho intramolecular Hbond substituents is 1. The lowest BCUT2D eigenvalue weighted by Crippen LogP contribution is -2.41. The third-order valence-corrected chi connectivity index (χ3v) is 4.92. The molecule has 0 atom stereocenters. The molecule has 0 fully saturated rings. The van der Waals surface area contributed by atoms with Crippen molar-refractivity contribution in [3.05, 3.63) is 70.2 Å². The molecule has 0 spiro atoms. The number of phenols is 1. The normalized spacial score (nSPS) is 10.4. The Bertz CT molecular complexity index is 967. The van der Waals surface area contributed by atoms with Gasteiger partial charge in [-0.3, -0.25) is 20.4 Å². The molecule has 3 aromatic rings. The van der Waals surface area contributed by atoms with Crippen LogP contribution in [-0.4, -0.2) is 21.9 Å². The minimum absolute atomic E-state index is 0.0851. The predicted octanol–water partition coefficient (Wildman–Crippen LogP) is 3.21. The maximum absolute atomic E-state index is 12.4. The summed E-state index contributed by atoms with van der Waals surface area (Å²) < 4.78 is 0. The van der Waals surface area contributed by atoms with Gasteiger partial charge in [-0.15, -0.1) is 11.3 Å². The van der Waals surface area contributed by atoms with E-state index < -0.39 is 11.8 Å². The van der Waals surface area contributed by atoms with Gasteiger partial charge in [-0.2, -0.15) is 0 Å². The number of aryl methyl sites for hydroxylation is 2. The number of carbonyl (C=O) groups excluding carboxylic acids is 2. The molecule has 3 N–H and O–H groups in total. The van der Waals surface area contributed by atoms with Crippen LogP contribution in [0.25, 0.3) is 10.6 Å². The van der Waals surface area contributed by atoms with Gasteiger partial charge in [0.2, 0.25) is 0 Å². The molecule has 1 aromatic heterocycles. The Morgan fingerprint density at radius 2 is 1.69 bits per heavy atom. The summed E-state index contributed by atoms with van der Waals surface area (Å²) in [4.78, 5) is 29.3. The molecule has 0 aliphatic carbocycles. The molecule has 26 heavy (non-hydrogen) atoms. The Morgan fingerprint density at radius 1 is 1.00 bits per heavy atom. The fourth-order valence-corrected chi connectivity index (χ4v) is 3.35. The van der Waals surface area contributed by atoms with Gasteiger partial charge in [-0.1, -0.05) is 36.4 Å². The number of nitrogens with zero attached hydrogens (tertiary/aromatic N) is 1. The second-order valence-electron chi connectivity index (χ2n) is 5.73. The number of thiazole rings is 1. The number of hydrazine groups is 1. The van der Waals surface area contributed by atoms with Gasteiger partial charge in [0.25, 0.3) is 11.8 Å². The van der Waals surface area contributed by atoms with E-state index in [2.05, 4.69) is 15.8 Å². The van der Waals surface area contributed by atoms with E-state index in [0.717, 1.165) is 16.1 Å². The van der Waals surface area contributed by atoms with E-state index in [0.29, 0.717) is 10.6 Å². The summed E-state index contributed by atoms with van der Waals surface area (Å²) >= 11 is 1.25. The molecular formula is C19H17N3O3S. The summed E-state index contributed by atoms with van der Waals surface area (Å²) in [5.74, 6) is -1.19. The smallest absolute Gasteiger partial charge is 0.281 e. The minimum atomic E-state index is -0.596. The van der Waals surface area contributed by atoms with Crippen molar-refractivity contribution >= 4 is 23.2 Å². The van der Waals surface area contributed by atoms with Crippen LogP contribution >= 0.6 is 11.3 Å². The minimum Gasteiger partial charge on any atom is -0.507 e. The predicted molar refractivity (Wildman–Crippen MR) is 100 cm³/mol. The Balaban J connectivity index is 1.71. The highest BCUT2D eigenvalue weighted by Crippen LogP contribution is 2.27. The molecule has 0 aliphatic rings. The van der Waals surface area contributed by atoms with Crippen molar-refractivity contribution in [2.24, 2.45) is 0 Å². The highest BCUT2D eigenvalue weighted by atomic mass is 32.1. The van der Waals surface area contributed by atoms with E-state index >= 15 is 0 Å². The van der Waals surface area contributed by atoms with Crippen LogP contribution in [0.15, 0.2) is 48.5 Å². The fraction of sp³-hybridized carbons (Fsp3) is 0.105. The lowest BCUT2D eigenvalue weighted by atomic mass is 10.1. The van der Waals surface area contributed by atoms with E-state index in [1.165, 1.54) is 23.5 Å². The second kappa shape index (κ2) is 7.37.